The molecule has 0 unspecified atom stereocenters. The van der Waals surface area contributed by atoms with E-state index in [2.05, 4.69) is 5.32 Å². The average molecular weight is 403 g/mol. The number of carboxylic acid groups (broad SMARTS) is 1. The fraction of sp³-hybridized carbons (Fsp3) is 0.267. The lowest BCUT2D eigenvalue weighted by atomic mass is 10.0. The normalized spacial score (nSPS) is 22.4. The van der Waals surface area contributed by atoms with Crippen LogP contribution in [-0.2, 0) is 9.59 Å². The Morgan fingerprint density at radius 2 is 2.04 bits per heavy atom. The zero-order valence-electron chi connectivity index (χ0n) is 12.5. The molecule has 1 fully saturated rings. The van der Waals surface area contributed by atoms with E-state index in [4.69, 9.17) is 23.2 Å². The van der Waals surface area contributed by atoms with Crippen LogP contribution in [0.4, 0.5) is 0 Å². The molecule has 10 heteroatoms. The summed E-state index contributed by atoms with van der Waals surface area (Å²) in [6.45, 7) is -0.439. The number of nitrogens with zero attached hydrogens (tertiary/aromatic N) is 1. The lowest BCUT2D eigenvalue weighted by molar-refractivity contribution is -0.148. The Bertz CT molecular complexity index is 813. The van der Waals surface area contributed by atoms with Gasteiger partial charge in [-0.25, -0.2) is 4.79 Å². The van der Waals surface area contributed by atoms with Crippen LogP contribution in [0.2, 0.25) is 10.0 Å². The molecule has 0 spiro atoms. The third kappa shape index (κ3) is 3.10. The van der Waals surface area contributed by atoms with Gasteiger partial charge in [0, 0.05) is 11.3 Å². The van der Waals surface area contributed by atoms with Gasteiger partial charge >= 0.3 is 5.97 Å². The summed E-state index contributed by atoms with van der Waals surface area (Å²) >= 11 is 13.0. The summed E-state index contributed by atoms with van der Waals surface area (Å²) in [7, 11) is 0. The minimum Gasteiger partial charge on any atom is -0.477 e. The van der Waals surface area contributed by atoms with E-state index in [1.165, 1.54) is 30.0 Å². The molecule has 132 valence electrons. The molecule has 2 aliphatic heterocycles. The van der Waals surface area contributed by atoms with Crippen molar-refractivity contribution in [3.05, 3.63) is 45.1 Å². The number of carbonyl (C=O) groups is 3. The molecule has 0 radical (unpaired) electrons. The van der Waals surface area contributed by atoms with Crippen LogP contribution < -0.4 is 5.32 Å². The molecule has 1 saturated heterocycles. The van der Waals surface area contributed by atoms with Crippen molar-refractivity contribution in [1.29, 1.82) is 0 Å². The standard InChI is InChI=1S/C15H12Cl2N2O5S/c16-8-2-1-6(3-9(8)17)12(21)18-10-13(22)19-11(15(23)24)7(4-20)5-25-14(10)19/h1-3,10,14,20H,4-5H2,(H,18,21)(H,23,24)/t10-,14-/m0/s1. The summed E-state index contributed by atoms with van der Waals surface area (Å²) in [5.74, 6) is -2.05. The highest BCUT2D eigenvalue weighted by Gasteiger charge is 2.54. The van der Waals surface area contributed by atoms with Gasteiger partial charge in [0.05, 0.1) is 16.7 Å². The van der Waals surface area contributed by atoms with E-state index >= 15 is 0 Å². The van der Waals surface area contributed by atoms with Gasteiger partial charge in [-0.05, 0) is 23.8 Å². The molecule has 0 aromatic heterocycles. The maximum atomic E-state index is 12.3. The Balaban J connectivity index is 1.77. The molecule has 3 N–H and O–H groups in total. The van der Waals surface area contributed by atoms with Crippen LogP contribution >= 0.6 is 35.0 Å². The Kier molecular flexibility index (Phi) is 4.97. The predicted octanol–water partition coefficient (Wildman–Crippen LogP) is 1.34. The third-order valence-electron chi connectivity index (χ3n) is 3.91. The monoisotopic (exact) mass is 402 g/mol. The van der Waals surface area contributed by atoms with Gasteiger partial charge in [-0.3, -0.25) is 14.5 Å². The number of thioether (sulfide) groups is 1. The van der Waals surface area contributed by atoms with Gasteiger partial charge in [-0.2, -0.15) is 0 Å². The Hall–Kier alpha value is -1.74. The van der Waals surface area contributed by atoms with Gasteiger partial charge in [0.2, 0.25) is 0 Å². The van der Waals surface area contributed by atoms with Crippen molar-refractivity contribution in [2.45, 2.75) is 11.4 Å². The van der Waals surface area contributed by atoms with E-state index in [9.17, 15) is 24.6 Å². The number of fused-ring (bicyclic) bond motifs is 1. The van der Waals surface area contributed by atoms with Crippen LogP contribution in [0.15, 0.2) is 29.5 Å². The van der Waals surface area contributed by atoms with Gasteiger partial charge in [0.25, 0.3) is 11.8 Å². The number of nitrogens with one attached hydrogen (secondary N) is 1. The molecule has 2 heterocycles. The van der Waals surface area contributed by atoms with Crippen LogP contribution in [-0.4, -0.2) is 56.7 Å². The lowest BCUT2D eigenvalue weighted by Crippen LogP contribution is -2.70. The van der Waals surface area contributed by atoms with Crippen molar-refractivity contribution in [1.82, 2.24) is 10.2 Å². The van der Waals surface area contributed by atoms with Crippen LogP contribution in [0.1, 0.15) is 10.4 Å². The first kappa shape index (κ1) is 18.1. The van der Waals surface area contributed by atoms with E-state index in [1.807, 2.05) is 0 Å². The highest BCUT2D eigenvalue weighted by molar-refractivity contribution is 8.00. The van der Waals surface area contributed by atoms with Crippen molar-refractivity contribution >= 4 is 52.7 Å². The summed E-state index contributed by atoms with van der Waals surface area (Å²) < 4.78 is 0. The molecule has 2 atom stereocenters. The largest absolute Gasteiger partial charge is 0.477 e. The maximum Gasteiger partial charge on any atom is 0.352 e. The highest BCUT2D eigenvalue weighted by Crippen LogP contribution is 2.40. The number of rotatable bonds is 4. The van der Waals surface area contributed by atoms with E-state index < -0.39 is 35.8 Å². The smallest absolute Gasteiger partial charge is 0.352 e. The third-order valence-corrected chi connectivity index (χ3v) is 5.99. The second kappa shape index (κ2) is 6.87. The summed E-state index contributed by atoms with van der Waals surface area (Å²) in [6.07, 6.45) is 0. The molecule has 7 nitrogen and oxygen atoms in total. The van der Waals surface area contributed by atoms with Crippen LogP contribution in [0.5, 0.6) is 0 Å². The van der Waals surface area contributed by atoms with Crippen LogP contribution in [0.25, 0.3) is 0 Å². The summed E-state index contributed by atoms with van der Waals surface area (Å²) in [5.41, 5.74) is 0.305. The maximum absolute atomic E-state index is 12.3. The number of β-lactam (4-membered cyclic amide) rings is 1. The van der Waals surface area contributed by atoms with Gasteiger partial charge < -0.3 is 15.5 Å². The molecule has 0 aliphatic carbocycles. The molecule has 0 saturated carbocycles. The zero-order chi connectivity index (χ0) is 18.3. The van der Waals surface area contributed by atoms with E-state index in [1.54, 1.807) is 0 Å². The number of carbonyl (C=O) groups excluding carboxylic acids is 2. The first-order valence-corrected chi connectivity index (χ1v) is 8.92. The Morgan fingerprint density at radius 3 is 2.64 bits per heavy atom. The fourth-order valence-corrected chi connectivity index (χ4v) is 4.30. The predicted molar refractivity (Wildman–Crippen MR) is 92.6 cm³/mol. The number of aliphatic hydroxyl groups excluding tert-OH is 1. The second-order valence-corrected chi connectivity index (χ2v) is 7.32. The molecule has 0 bridgehead atoms. The Morgan fingerprint density at radius 1 is 1.32 bits per heavy atom. The summed E-state index contributed by atoms with van der Waals surface area (Å²) in [5, 5.41) is 21.1. The van der Waals surface area contributed by atoms with Crippen LogP contribution in [0, 0.1) is 0 Å². The molecule has 2 aliphatic rings. The quantitative estimate of drug-likeness (QED) is 0.655. The number of halogens is 2. The highest BCUT2D eigenvalue weighted by atomic mass is 35.5. The van der Waals surface area contributed by atoms with E-state index in [0.717, 1.165) is 4.90 Å². The number of aliphatic hydroxyl groups is 1. The molecule has 1 aromatic rings. The topological polar surface area (TPSA) is 107 Å². The number of benzene rings is 1. The molecule has 3 rings (SSSR count). The van der Waals surface area contributed by atoms with Gasteiger partial charge in [-0.1, -0.05) is 23.2 Å². The number of amides is 2. The lowest BCUT2D eigenvalue weighted by Gasteiger charge is -2.49. The first-order valence-electron chi connectivity index (χ1n) is 7.12. The van der Waals surface area contributed by atoms with Gasteiger partial charge in [0.1, 0.15) is 17.1 Å². The SMILES string of the molecule is O=C(O)C1=C(CO)CS[C@H]2[C@@H](NC(=O)c3ccc(Cl)c(Cl)c3)C(=O)N12. The second-order valence-electron chi connectivity index (χ2n) is 5.41. The van der Waals surface area contributed by atoms with Crippen molar-refractivity contribution in [2.24, 2.45) is 0 Å². The Labute approximate surface area is 156 Å². The van der Waals surface area contributed by atoms with E-state index in [0.29, 0.717) is 5.02 Å². The van der Waals surface area contributed by atoms with Crippen molar-refractivity contribution in [3.8, 4) is 0 Å². The van der Waals surface area contributed by atoms with Crippen molar-refractivity contribution < 1.29 is 24.6 Å². The van der Waals surface area contributed by atoms with Gasteiger partial charge in [-0.15, -0.1) is 11.8 Å². The summed E-state index contributed by atoms with van der Waals surface area (Å²) in [6, 6.07) is 3.49. The summed E-state index contributed by atoms with van der Waals surface area (Å²) in [4.78, 5) is 37.1. The minimum absolute atomic E-state index is 0.212. The van der Waals surface area contributed by atoms with Gasteiger partial charge in [0.15, 0.2) is 0 Å². The zero-order valence-corrected chi connectivity index (χ0v) is 14.9. The first-order chi connectivity index (χ1) is 11.8. The number of hydrogen-bond donors (Lipinski definition) is 3. The molecule has 2 amide bonds. The fourth-order valence-electron chi connectivity index (χ4n) is 2.67. The number of carboxylic acids is 1. The number of aliphatic carboxylic acids is 1. The minimum atomic E-state index is -1.28. The van der Waals surface area contributed by atoms with Crippen molar-refractivity contribution in [2.75, 3.05) is 12.4 Å². The number of hydrogen-bond acceptors (Lipinski definition) is 5. The molecular weight excluding hydrogens is 391 g/mol. The van der Waals surface area contributed by atoms with Crippen molar-refractivity contribution in [3.63, 3.8) is 0 Å². The van der Waals surface area contributed by atoms with Crippen LogP contribution in [0.3, 0.4) is 0 Å². The van der Waals surface area contributed by atoms with E-state index in [-0.39, 0.29) is 27.6 Å². The molecular formula is C15H12Cl2N2O5S. The molecule has 1 aromatic carbocycles. The molecule has 25 heavy (non-hydrogen) atoms. The average Bonchev–Trinajstić information content (AvgIpc) is 2.60.